The Hall–Kier alpha value is -2.13. The molecule has 6 N–H and O–H groups in total. The summed E-state index contributed by atoms with van der Waals surface area (Å²) >= 11 is 0. The molecular weight excluding hydrogens is 652 g/mol. The highest BCUT2D eigenvalue weighted by Gasteiger charge is 2.51. The number of unbranched alkanes of at least 4 members (excludes halogenated alkanes) is 9. The molecule has 2 aliphatic rings. The van der Waals surface area contributed by atoms with Crippen molar-refractivity contribution in [3.8, 4) is 0 Å². The number of aliphatic carboxylic acids is 1. The lowest BCUT2D eigenvalue weighted by Crippen LogP contribution is -2.60. The quantitative estimate of drug-likeness (QED) is 0.0480. The lowest BCUT2D eigenvalue weighted by Gasteiger charge is -2.48. The van der Waals surface area contributed by atoms with E-state index < -0.39 is 72.0 Å². The zero-order valence-corrected chi connectivity index (χ0v) is 30.3. The summed E-state index contributed by atoms with van der Waals surface area (Å²) in [7, 11) is 0. The maximum Gasteiger partial charge on any atom is 0.303 e. The molecule has 290 valence electrons. The van der Waals surface area contributed by atoms with E-state index in [0.29, 0.717) is 0 Å². The Morgan fingerprint density at radius 3 is 1.98 bits per heavy atom. The monoisotopic (exact) mass is 716 g/mol. The molecule has 2 aliphatic carbocycles. The highest BCUT2D eigenvalue weighted by molar-refractivity contribution is 5.66. The number of carboxylic acids is 1. The molecule has 2 rings (SSSR count). The number of rotatable bonds is 24. The molecule has 0 bridgehead atoms. The van der Waals surface area contributed by atoms with Gasteiger partial charge < -0.3 is 49.6 Å². The molecule has 10 atom stereocenters. The van der Waals surface area contributed by atoms with Gasteiger partial charge in [0.2, 0.25) is 0 Å². The van der Waals surface area contributed by atoms with Gasteiger partial charge in [0, 0.05) is 31.6 Å². The van der Waals surface area contributed by atoms with Crippen LogP contribution in [0, 0.1) is 11.3 Å². The van der Waals surface area contributed by atoms with Crippen molar-refractivity contribution in [3.63, 3.8) is 0 Å². The summed E-state index contributed by atoms with van der Waals surface area (Å²) in [5.41, 5.74) is -0.969. The Morgan fingerprint density at radius 2 is 1.38 bits per heavy atom. The van der Waals surface area contributed by atoms with E-state index >= 15 is 0 Å². The van der Waals surface area contributed by atoms with Crippen LogP contribution in [-0.2, 0) is 33.3 Å². The van der Waals surface area contributed by atoms with Gasteiger partial charge in [0.15, 0.2) is 0 Å². The number of ether oxygens (including phenoxy) is 4. The number of carboxylic acid groups (broad SMARTS) is 1. The minimum atomic E-state index is -1.56. The van der Waals surface area contributed by atoms with Crippen LogP contribution in [0.25, 0.3) is 0 Å². The highest BCUT2D eigenvalue weighted by Crippen LogP contribution is 2.41. The number of carbonyl (C=O) groups is 3. The molecule has 0 aromatic rings. The first-order valence-corrected chi connectivity index (χ1v) is 18.6. The van der Waals surface area contributed by atoms with Crippen LogP contribution in [0.15, 0.2) is 12.2 Å². The molecule has 0 amide bonds. The van der Waals surface area contributed by atoms with Gasteiger partial charge in [0.1, 0.15) is 18.3 Å². The van der Waals surface area contributed by atoms with E-state index in [1.807, 2.05) is 6.92 Å². The summed E-state index contributed by atoms with van der Waals surface area (Å²) in [4.78, 5) is 33.5. The van der Waals surface area contributed by atoms with Gasteiger partial charge in [-0.15, -0.1) is 0 Å². The van der Waals surface area contributed by atoms with Gasteiger partial charge in [0.05, 0.1) is 50.3 Å². The second kappa shape index (κ2) is 23.4. The maximum absolute atomic E-state index is 11.6. The van der Waals surface area contributed by atoms with Crippen LogP contribution in [0.5, 0.6) is 0 Å². The van der Waals surface area contributed by atoms with Gasteiger partial charge in [-0.25, -0.2) is 0 Å². The number of aliphatic hydroxyl groups is 5. The fourth-order valence-corrected chi connectivity index (χ4v) is 7.01. The van der Waals surface area contributed by atoms with E-state index in [-0.39, 0.29) is 51.6 Å². The van der Waals surface area contributed by atoms with E-state index in [1.165, 1.54) is 13.8 Å². The van der Waals surface area contributed by atoms with Crippen molar-refractivity contribution in [2.45, 2.75) is 172 Å². The Morgan fingerprint density at radius 1 is 0.780 bits per heavy atom. The summed E-state index contributed by atoms with van der Waals surface area (Å²) < 4.78 is 23.0. The second-order valence-corrected chi connectivity index (χ2v) is 14.5. The molecule has 7 unspecified atom stereocenters. The number of esters is 2. The molecule has 13 nitrogen and oxygen atoms in total. The van der Waals surface area contributed by atoms with Crippen molar-refractivity contribution in [3.05, 3.63) is 12.2 Å². The molecule has 0 spiro atoms. The van der Waals surface area contributed by atoms with Crippen molar-refractivity contribution in [2.24, 2.45) is 11.3 Å². The van der Waals surface area contributed by atoms with Gasteiger partial charge in [0.25, 0.3) is 0 Å². The number of hydrogen-bond acceptors (Lipinski definition) is 12. The Bertz CT molecular complexity index is 1020. The van der Waals surface area contributed by atoms with Crippen molar-refractivity contribution in [1.29, 1.82) is 0 Å². The average Bonchev–Trinajstić information content (AvgIpc) is 3.06. The van der Waals surface area contributed by atoms with Gasteiger partial charge in [-0.2, -0.15) is 0 Å². The smallest absolute Gasteiger partial charge is 0.303 e. The zero-order chi connectivity index (χ0) is 37.1. The molecule has 50 heavy (non-hydrogen) atoms. The summed E-state index contributed by atoms with van der Waals surface area (Å²) in [5.74, 6) is -2.48. The first-order chi connectivity index (χ1) is 23.8. The average molecular weight is 717 g/mol. The molecule has 0 aliphatic heterocycles. The van der Waals surface area contributed by atoms with E-state index in [1.54, 1.807) is 0 Å². The van der Waals surface area contributed by atoms with Gasteiger partial charge in [-0.3, -0.25) is 14.4 Å². The van der Waals surface area contributed by atoms with E-state index in [0.717, 1.165) is 77.0 Å². The first-order valence-electron chi connectivity index (χ1n) is 18.6. The third kappa shape index (κ3) is 16.0. The van der Waals surface area contributed by atoms with Crippen LogP contribution in [0.3, 0.4) is 0 Å². The van der Waals surface area contributed by atoms with Crippen LogP contribution in [0.2, 0.25) is 0 Å². The summed E-state index contributed by atoms with van der Waals surface area (Å²) in [6.07, 6.45) is 8.55. The lowest BCUT2D eigenvalue weighted by molar-refractivity contribution is -0.245. The minimum Gasteiger partial charge on any atom is -0.481 e. The summed E-state index contributed by atoms with van der Waals surface area (Å²) in [5, 5.41) is 62.3. The topological polar surface area (TPSA) is 210 Å². The van der Waals surface area contributed by atoms with Crippen molar-refractivity contribution >= 4 is 17.9 Å². The highest BCUT2D eigenvalue weighted by atomic mass is 16.6. The SMILES string of the molecule is CC(=O)OCC1C[C@@H](OC2C(O)CC(CO)(COC(C)=O)C[C@H]2OC(C)CCCCCC/C=C\CCCCCCCC(=O)O)C(O)C(O)[C@@H]1O. The van der Waals surface area contributed by atoms with E-state index in [4.69, 9.17) is 24.1 Å². The minimum absolute atomic E-state index is 0.0452. The fraction of sp³-hybridized carbons (Fsp3) is 0.865. The molecule has 0 aromatic heterocycles. The van der Waals surface area contributed by atoms with Gasteiger partial charge in [-0.1, -0.05) is 50.7 Å². The largest absolute Gasteiger partial charge is 0.481 e. The van der Waals surface area contributed by atoms with Crippen molar-refractivity contribution in [2.75, 3.05) is 19.8 Å². The third-order valence-electron chi connectivity index (χ3n) is 9.94. The first kappa shape index (κ1) is 44.0. The third-order valence-corrected chi connectivity index (χ3v) is 9.94. The standard InChI is InChI=1S/C37H64O13/c1-25(17-15-13-11-9-7-5-4-6-8-10-12-14-16-18-32(42)43)49-31-21-37(23-38,24-48-27(3)40)20-29(41)36(31)50-30-19-28(22-47-26(2)39)33(44)35(46)34(30)45/h4-5,25,28-31,33-36,38,41,44-46H,6-24H2,1-3H3,(H,42,43)/b5-4-/t25?,28?,29?,30-,31-,33-,34?,35?,36?,37?/m1/s1. The van der Waals surface area contributed by atoms with Crippen LogP contribution < -0.4 is 0 Å². The molecule has 0 saturated heterocycles. The number of hydrogen-bond donors (Lipinski definition) is 6. The lowest BCUT2D eigenvalue weighted by atomic mass is 9.71. The van der Waals surface area contributed by atoms with Crippen LogP contribution in [-0.4, -0.2) is 117 Å². The van der Waals surface area contributed by atoms with Crippen molar-refractivity contribution in [1.82, 2.24) is 0 Å². The van der Waals surface area contributed by atoms with Crippen LogP contribution >= 0.6 is 0 Å². The van der Waals surface area contributed by atoms with E-state index in [9.17, 15) is 39.9 Å². The maximum atomic E-state index is 11.6. The van der Waals surface area contributed by atoms with Gasteiger partial charge in [-0.05, 0) is 64.7 Å². The van der Waals surface area contributed by atoms with Crippen LogP contribution in [0.1, 0.15) is 124 Å². The Labute approximate surface area is 297 Å². The number of carbonyl (C=O) groups excluding carboxylic acids is 2. The van der Waals surface area contributed by atoms with Crippen molar-refractivity contribution < 1.29 is 64.0 Å². The molecule has 0 heterocycles. The predicted octanol–water partition coefficient (Wildman–Crippen LogP) is 3.59. The molecule has 0 radical (unpaired) electrons. The zero-order valence-electron chi connectivity index (χ0n) is 30.3. The Kier molecular flexibility index (Phi) is 20.6. The number of aliphatic hydroxyl groups excluding tert-OH is 5. The molecule has 2 fully saturated rings. The molecule has 13 heteroatoms. The summed E-state index contributed by atoms with van der Waals surface area (Å²) in [6.45, 7) is 3.80. The predicted molar refractivity (Wildman–Crippen MR) is 184 cm³/mol. The molecule has 0 aromatic carbocycles. The number of allylic oxidation sites excluding steroid dienone is 2. The van der Waals surface area contributed by atoms with Gasteiger partial charge >= 0.3 is 17.9 Å². The van der Waals surface area contributed by atoms with E-state index in [2.05, 4.69) is 12.2 Å². The van der Waals surface area contributed by atoms with Crippen LogP contribution in [0.4, 0.5) is 0 Å². The molecule has 2 saturated carbocycles. The second-order valence-electron chi connectivity index (χ2n) is 14.5. The normalized spacial score (nSPS) is 30.6. The fourth-order valence-electron chi connectivity index (χ4n) is 7.01. The molecular formula is C37H64O13. The summed E-state index contributed by atoms with van der Waals surface area (Å²) in [6, 6.07) is 0. The Balaban J connectivity index is 1.89.